The lowest BCUT2D eigenvalue weighted by Gasteiger charge is -1.96. The van der Waals surface area contributed by atoms with Gasteiger partial charge in [-0.3, -0.25) is 4.79 Å². The summed E-state index contributed by atoms with van der Waals surface area (Å²) in [6.45, 7) is 1.45. The fraction of sp³-hybridized carbons (Fsp3) is 0.143. The van der Waals surface area contributed by atoms with Crippen LogP contribution in [-0.4, -0.2) is 10.9 Å². The summed E-state index contributed by atoms with van der Waals surface area (Å²) < 4.78 is 0. The molecule has 0 bridgehead atoms. The summed E-state index contributed by atoms with van der Waals surface area (Å²) in [5, 5.41) is 2.55. The summed E-state index contributed by atoms with van der Waals surface area (Å²) in [6, 6.07) is 5.35. The standard InChI is InChI=1S/C7H8N2O.HNO/c1-6(10)9-7-4-2-3-5-8-7;1-2/h2-5H,1H3,(H,8,9,10);1H. The van der Waals surface area contributed by atoms with Gasteiger partial charge in [-0.2, -0.15) is 4.91 Å². The maximum Gasteiger partial charge on any atom is 0.222 e. The molecule has 0 aliphatic carbocycles. The normalized spacial score (nSPS) is 7.75. The Kier molecular flexibility index (Phi) is 5.08. The van der Waals surface area contributed by atoms with E-state index in [0.29, 0.717) is 5.82 Å². The van der Waals surface area contributed by atoms with E-state index in [0.717, 1.165) is 0 Å². The zero-order valence-electron chi connectivity index (χ0n) is 6.57. The van der Waals surface area contributed by atoms with Crippen LogP contribution in [0.25, 0.3) is 0 Å². The van der Waals surface area contributed by atoms with Gasteiger partial charge in [0.25, 0.3) is 0 Å². The second-order valence-electron chi connectivity index (χ2n) is 1.90. The molecule has 1 heterocycles. The number of hydrogen-bond acceptors (Lipinski definition) is 4. The van der Waals surface area contributed by atoms with Crippen LogP contribution in [0.1, 0.15) is 6.92 Å². The third-order valence-corrected chi connectivity index (χ3v) is 0.969. The van der Waals surface area contributed by atoms with Crippen molar-refractivity contribution in [2.45, 2.75) is 6.92 Å². The summed E-state index contributed by atoms with van der Waals surface area (Å²) in [5.41, 5.74) is 4.50. The Morgan fingerprint density at radius 3 is 2.58 bits per heavy atom. The molecule has 0 saturated heterocycles. The van der Waals surface area contributed by atoms with E-state index in [1.807, 2.05) is 6.07 Å². The number of carbonyl (C=O) groups excluding carboxylic acids is 1. The zero-order chi connectivity index (χ0) is 9.40. The molecule has 0 fully saturated rings. The second-order valence-corrected chi connectivity index (χ2v) is 1.90. The quantitative estimate of drug-likeness (QED) is 0.619. The minimum Gasteiger partial charge on any atom is -0.311 e. The average Bonchev–Trinajstić information content (AvgIpc) is 2.08. The van der Waals surface area contributed by atoms with Crippen LogP contribution < -0.4 is 5.32 Å². The van der Waals surface area contributed by atoms with Crippen molar-refractivity contribution in [3.05, 3.63) is 29.3 Å². The van der Waals surface area contributed by atoms with Gasteiger partial charge in [-0.1, -0.05) is 11.7 Å². The van der Waals surface area contributed by atoms with Crippen molar-refractivity contribution in [3.8, 4) is 0 Å². The monoisotopic (exact) mass is 167 g/mol. The van der Waals surface area contributed by atoms with E-state index in [-0.39, 0.29) is 5.91 Å². The fourth-order valence-electron chi connectivity index (χ4n) is 0.617. The Balaban J connectivity index is 0.000000561. The van der Waals surface area contributed by atoms with E-state index in [2.05, 4.69) is 15.9 Å². The van der Waals surface area contributed by atoms with Crippen LogP contribution in [0.2, 0.25) is 0 Å². The Morgan fingerprint density at radius 1 is 1.50 bits per heavy atom. The van der Waals surface area contributed by atoms with Gasteiger partial charge in [0, 0.05) is 13.1 Å². The van der Waals surface area contributed by atoms with Crippen LogP contribution in [0, 0.1) is 10.5 Å². The predicted molar refractivity (Wildman–Crippen MR) is 44.6 cm³/mol. The Labute approximate surface area is 69.6 Å². The van der Waals surface area contributed by atoms with Crippen LogP contribution in [0.4, 0.5) is 5.82 Å². The van der Waals surface area contributed by atoms with Crippen LogP contribution in [0.15, 0.2) is 24.4 Å². The third-order valence-electron chi connectivity index (χ3n) is 0.969. The molecule has 5 nitrogen and oxygen atoms in total. The van der Waals surface area contributed by atoms with Gasteiger partial charge >= 0.3 is 0 Å². The van der Waals surface area contributed by atoms with Crippen molar-refractivity contribution < 1.29 is 4.79 Å². The third kappa shape index (κ3) is 4.10. The molecule has 12 heavy (non-hydrogen) atoms. The van der Waals surface area contributed by atoms with Gasteiger partial charge in [-0.25, -0.2) is 4.98 Å². The summed E-state index contributed by atoms with van der Waals surface area (Å²) >= 11 is 0. The Hall–Kier alpha value is -1.78. The molecule has 1 rings (SSSR count). The number of amides is 1. The molecule has 0 spiro atoms. The van der Waals surface area contributed by atoms with Crippen molar-refractivity contribution in [1.82, 2.24) is 4.98 Å². The molecular weight excluding hydrogens is 158 g/mol. The minimum absolute atomic E-state index is 0.0984. The van der Waals surface area contributed by atoms with E-state index in [1.54, 1.807) is 18.3 Å². The molecule has 2 N–H and O–H groups in total. The minimum atomic E-state index is -0.0984. The Bertz CT molecular complexity index is 238. The van der Waals surface area contributed by atoms with Crippen molar-refractivity contribution in [2.24, 2.45) is 0 Å². The first-order valence-electron chi connectivity index (χ1n) is 3.18. The lowest BCUT2D eigenvalue weighted by atomic mass is 10.4. The molecule has 5 heteroatoms. The van der Waals surface area contributed by atoms with E-state index >= 15 is 0 Å². The number of carbonyl (C=O) groups is 1. The SMILES string of the molecule is CC(=O)Nc1ccccn1.N=O. The zero-order valence-corrected chi connectivity index (χ0v) is 6.57. The van der Waals surface area contributed by atoms with E-state index in [1.165, 1.54) is 6.92 Å². The van der Waals surface area contributed by atoms with Crippen molar-refractivity contribution in [1.29, 1.82) is 5.59 Å². The smallest absolute Gasteiger partial charge is 0.222 e. The lowest BCUT2D eigenvalue weighted by Crippen LogP contribution is -2.06. The first kappa shape index (κ1) is 10.2. The lowest BCUT2D eigenvalue weighted by molar-refractivity contribution is -0.114. The number of pyridine rings is 1. The van der Waals surface area contributed by atoms with Gasteiger partial charge in [-0.15, -0.1) is 0 Å². The van der Waals surface area contributed by atoms with Crippen LogP contribution in [0.3, 0.4) is 0 Å². The fourth-order valence-corrected chi connectivity index (χ4v) is 0.617. The number of nitrogens with one attached hydrogen (secondary N) is 2. The molecule has 0 unspecified atom stereocenters. The van der Waals surface area contributed by atoms with Crippen molar-refractivity contribution >= 4 is 11.7 Å². The molecule has 1 amide bonds. The predicted octanol–water partition coefficient (Wildman–Crippen LogP) is 1.37. The molecular formula is C7H9N3O2. The highest BCUT2D eigenvalue weighted by atomic mass is 16.2. The number of nitroso groups, excluding NO2 is 1. The molecule has 0 saturated carbocycles. The molecule has 1 aromatic heterocycles. The molecule has 0 atom stereocenters. The van der Waals surface area contributed by atoms with E-state index in [9.17, 15) is 4.79 Å². The maximum absolute atomic E-state index is 10.5. The molecule has 0 aliphatic heterocycles. The second kappa shape index (κ2) is 5.96. The number of hydrogen-bond donors (Lipinski definition) is 2. The molecule has 0 aromatic carbocycles. The number of nitrogens with zero attached hydrogens (tertiary/aromatic N) is 1. The highest BCUT2D eigenvalue weighted by molar-refractivity contribution is 5.87. The van der Waals surface area contributed by atoms with E-state index < -0.39 is 0 Å². The van der Waals surface area contributed by atoms with Gasteiger partial charge in [0.05, 0.1) is 0 Å². The number of aromatic nitrogens is 1. The molecule has 0 radical (unpaired) electrons. The molecule has 64 valence electrons. The van der Waals surface area contributed by atoms with E-state index in [4.69, 9.17) is 4.91 Å². The number of anilines is 1. The van der Waals surface area contributed by atoms with Gasteiger partial charge in [0.2, 0.25) is 5.91 Å². The van der Waals surface area contributed by atoms with Crippen molar-refractivity contribution in [2.75, 3.05) is 5.32 Å². The highest BCUT2D eigenvalue weighted by Gasteiger charge is 1.91. The summed E-state index contributed by atoms with van der Waals surface area (Å²) in [5.74, 6) is 0.494. The highest BCUT2D eigenvalue weighted by Crippen LogP contribution is 1.97. The first-order chi connectivity index (χ1) is 5.79. The summed E-state index contributed by atoms with van der Waals surface area (Å²) in [7, 11) is 0. The maximum atomic E-state index is 10.5. The first-order valence-corrected chi connectivity index (χ1v) is 3.18. The van der Waals surface area contributed by atoms with Crippen molar-refractivity contribution in [3.63, 3.8) is 0 Å². The van der Waals surface area contributed by atoms with Gasteiger partial charge in [-0.05, 0) is 12.1 Å². The number of rotatable bonds is 1. The molecule has 0 aliphatic rings. The van der Waals surface area contributed by atoms with Gasteiger partial charge < -0.3 is 5.32 Å². The van der Waals surface area contributed by atoms with Gasteiger partial charge in [0.1, 0.15) is 5.82 Å². The molecule has 1 aromatic rings. The van der Waals surface area contributed by atoms with Crippen LogP contribution in [0.5, 0.6) is 0 Å². The van der Waals surface area contributed by atoms with Crippen LogP contribution in [-0.2, 0) is 4.79 Å². The average molecular weight is 167 g/mol. The van der Waals surface area contributed by atoms with Gasteiger partial charge in [0.15, 0.2) is 0 Å². The topological polar surface area (TPSA) is 82.9 Å². The summed E-state index contributed by atoms with van der Waals surface area (Å²) in [6.07, 6.45) is 1.63. The summed E-state index contributed by atoms with van der Waals surface area (Å²) in [4.78, 5) is 21.8. The largest absolute Gasteiger partial charge is 0.311 e. The van der Waals surface area contributed by atoms with Crippen LogP contribution >= 0.6 is 0 Å². The Morgan fingerprint density at radius 2 is 2.17 bits per heavy atom.